The van der Waals surface area contributed by atoms with E-state index in [1.165, 1.54) is 0 Å². The molecule has 0 spiro atoms. The summed E-state index contributed by atoms with van der Waals surface area (Å²) >= 11 is 0. The predicted octanol–water partition coefficient (Wildman–Crippen LogP) is 2.29. The third-order valence-corrected chi connectivity index (χ3v) is 1.25. The fraction of sp³-hybridized carbons (Fsp3) is 0.778. The largest absolute Gasteiger partial charge is 0.196 e. The molecular formula is C9H14N4. The summed E-state index contributed by atoms with van der Waals surface area (Å²) in [5, 5.41) is 25.1. The summed E-state index contributed by atoms with van der Waals surface area (Å²) in [4.78, 5) is 0. The Hall–Kier alpha value is -1.42. The fourth-order valence-electron chi connectivity index (χ4n) is 0.485. The number of hydrogen-bond donors (Lipinski definition) is 0. The fourth-order valence-corrected chi connectivity index (χ4v) is 0.485. The summed E-state index contributed by atoms with van der Waals surface area (Å²) in [7, 11) is 0. The minimum absolute atomic E-state index is 0.136. The molecule has 0 amide bonds. The minimum Gasteiger partial charge on any atom is -0.196 e. The summed E-state index contributed by atoms with van der Waals surface area (Å²) in [5.41, 5.74) is -1.29. The molecule has 0 saturated carbocycles. The van der Waals surface area contributed by atoms with Gasteiger partial charge in [0.1, 0.15) is 0 Å². The molecule has 0 aliphatic carbocycles. The summed E-state index contributed by atoms with van der Waals surface area (Å²) in [6, 6.07) is 3.80. The van der Waals surface area contributed by atoms with Crippen molar-refractivity contribution < 1.29 is 0 Å². The van der Waals surface area contributed by atoms with Crippen LogP contribution in [-0.2, 0) is 0 Å². The Balaban J connectivity index is 4.28. The van der Waals surface area contributed by atoms with E-state index in [1.54, 1.807) is 6.92 Å². The molecule has 0 aromatic rings. The lowest BCUT2D eigenvalue weighted by atomic mass is 9.96. The van der Waals surface area contributed by atoms with E-state index in [0.29, 0.717) is 0 Å². The normalized spacial score (nSPS) is 12.5. The zero-order valence-electron chi connectivity index (χ0n) is 8.50. The van der Waals surface area contributed by atoms with Gasteiger partial charge in [-0.3, -0.25) is 0 Å². The molecule has 0 saturated heterocycles. The molecule has 4 nitrogen and oxygen atoms in total. The number of rotatable bonds is 2. The number of azo groups is 1. The molecule has 0 fully saturated rings. The molecule has 0 aromatic carbocycles. The Bertz CT molecular complexity index is 257. The quantitative estimate of drug-likeness (QED) is 0.608. The molecule has 0 unspecified atom stereocenters. The predicted molar refractivity (Wildman–Crippen MR) is 48.8 cm³/mol. The first-order valence-electron chi connectivity index (χ1n) is 4.04. The third-order valence-electron chi connectivity index (χ3n) is 1.25. The van der Waals surface area contributed by atoms with Crippen LogP contribution in [0.3, 0.4) is 0 Å². The van der Waals surface area contributed by atoms with E-state index in [9.17, 15) is 0 Å². The van der Waals surface area contributed by atoms with Crippen LogP contribution in [0.4, 0.5) is 0 Å². The van der Waals surface area contributed by atoms with Crippen LogP contribution in [-0.4, -0.2) is 12.1 Å². The summed E-state index contributed by atoms with van der Waals surface area (Å²) < 4.78 is 0. The van der Waals surface area contributed by atoms with Gasteiger partial charge in [0.25, 0.3) is 0 Å². The van der Waals surface area contributed by atoms with Crippen molar-refractivity contribution in [3.8, 4) is 12.1 Å². The zero-order chi connectivity index (χ0) is 10.5. The van der Waals surface area contributed by atoms with Crippen LogP contribution < -0.4 is 0 Å². The van der Waals surface area contributed by atoms with Gasteiger partial charge in [0.15, 0.2) is 5.41 Å². The smallest absolute Gasteiger partial charge is 0.162 e. The van der Waals surface area contributed by atoms with Crippen LogP contribution in [0, 0.1) is 28.1 Å². The third kappa shape index (κ3) is 4.92. The van der Waals surface area contributed by atoms with Crippen molar-refractivity contribution in [3.63, 3.8) is 0 Å². The van der Waals surface area contributed by atoms with E-state index in [2.05, 4.69) is 10.2 Å². The highest BCUT2D eigenvalue weighted by Gasteiger charge is 2.23. The molecular weight excluding hydrogens is 164 g/mol. The van der Waals surface area contributed by atoms with Crippen LogP contribution in [0.5, 0.6) is 0 Å². The molecule has 0 rings (SSSR count). The zero-order valence-corrected chi connectivity index (χ0v) is 8.50. The van der Waals surface area contributed by atoms with Gasteiger partial charge >= 0.3 is 0 Å². The van der Waals surface area contributed by atoms with Crippen LogP contribution in [0.2, 0.25) is 0 Å². The number of nitriles is 2. The number of hydrogen-bond acceptors (Lipinski definition) is 4. The molecule has 13 heavy (non-hydrogen) atoms. The topological polar surface area (TPSA) is 72.3 Å². The maximum absolute atomic E-state index is 8.64. The summed E-state index contributed by atoms with van der Waals surface area (Å²) in [5.74, 6) is 0. The molecule has 0 aromatic heterocycles. The molecule has 0 aliphatic rings. The van der Waals surface area contributed by atoms with Gasteiger partial charge in [0.05, 0.1) is 24.2 Å². The average molecular weight is 178 g/mol. The van der Waals surface area contributed by atoms with E-state index < -0.39 is 5.41 Å². The van der Waals surface area contributed by atoms with Crippen molar-refractivity contribution in [2.75, 3.05) is 6.54 Å². The van der Waals surface area contributed by atoms with Crippen LogP contribution in [0.15, 0.2) is 10.2 Å². The second-order valence-electron chi connectivity index (χ2n) is 4.13. The minimum atomic E-state index is -1.05. The lowest BCUT2D eigenvalue weighted by molar-refractivity contribution is 0.504. The molecule has 70 valence electrons. The first-order valence-corrected chi connectivity index (χ1v) is 4.04. The Morgan fingerprint density at radius 3 is 1.85 bits per heavy atom. The van der Waals surface area contributed by atoms with Crippen LogP contribution >= 0.6 is 0 Å². The molecule has 0 N–H and O–H groups in total. The van der Waals surface area contributed by atoms with Gasteiger partial charge in [-0.2, -0.15) is 20.8 Å². The second kappa shape index (κ2) is 4.00. The highest BCUT2D eigenvalue weighted by atomic mass is 15.1. The van der Waals surface area contributed by atoms with Crippen molar-refractivity contribution in [1.82, 2.24) is 0 Å². The van der Waals surface area contributed by atoms with Gasteiger partial charge in [0.2, 0.25) is 0 Å². The maximum atomic E-state index is 8.64. The van der Waals surface area contributed by atoms with Gasteiger partial charge in [0, 0.05) is 0 Å². The lowest BCUT2D eigenvalue weighted by Gasteiger charge is -2.11. The van der Waals surface area contributed by atoms with E-state index >= 15 is 0 Å². The SMILES string of the molecule is CC(C#N)(C#N)CN=NC(C)(C)C. The highest BCUT2D eigenvalue weighted by Crippen LogP contribution is 2.15. The Kier molecular flexibility index (Phi) is 3.56. The summed E-state index contributed by atoms with van der Waals surface area (Å²) in [6.07, 6.45) is 0. The van der Waals surface area contributed by atoms with Gasteiger partial charge in [-0.15, -0.1) is 0 Å². The number of nitrogens with zero attached hydrogens (tertiary/aromatic N) is 4. The maximum Gasteiger partial charge on any atom is 0.162 e. The van der Waals surface area contributed by atoms with Gasteiger partial charge < -0.3 is 0 Å². The van der Waals surface area contributed by atoms with E-state index in [0.717, 1.165) is 0 Å². The Morgan fingerprint density at radius 1 is 1.08 bits per heavy atom. The van der Waals surface area contributed by atoms with E-state index in [4.69, 9.17) is 10.5 Å². The van der Waals surface area contributed by atoms with Crippen molar-refractivity contribution in [3.05, 3.63) is 0 Å². The van der Waals surface area contributed by atoms with Crippen molar-refractivity contribution in [2.45, 2.75) is 33.2 Å². The van der Waals surface area contributed by atoms with E-state index in [-0.39, 0.29) is 12.1 Å². The standard InChI is InChI=1S/C9H14N4/c1-8(2,3)13-12-7-9(4,5-10)6-11/h7H2,1-4H3. The van der Waals surface area contributed by atoms with Gasteiger partial charge in [-0.1, -0.05) is 0 Å². The molecule has 0 radical (unpaired) electrons. The average Bonchev–Trinajstić information content (AvgIpc) is 2.02. The molecule has 0 aliphatic heterocycles. The molecule has 0 atom stereocenters. The molecule has 0 bridgehead atoms. The Labute approximate surface area is 78.9 Å². The molecule has 4 heteroatoms. The van der Waals surface area contributed by atoms with Crippen molar-refractivity contribution in [2.24, 2.45) is 15.6 Å². The molecule has 0 heterocycles. The Morgan fingerprint density at radius 2 is 1.54 bits per heavy atom. The van der Waals surface area contributed by atoms with Gasteiger partial charge in [-0.05, 0) is 27.7 Å². The van der Waals surface area contributed by atoms with Crippen molar-refractivity contribution >= 4 is 0 Å². The first-order chi connectivity index (χ1) is 5.83. The highest BCUT2D eigenvalue weighted by molar-refractivity contribution is 5.11. The summed E-state index contributed by atoms with van der Waals surface area (Å²) in [6.45, 7) is 7.41. The first kappa shape index (κ1) is 11.6. The van der Waals surface area contributed by atoms with Gasteiger partial charge in [-0.25, -0.2) is 0 Å². The van der Waals surface area contributed by atoms with E-state index in [1.807, 2.05) is 32.9 Å². The van der Waals surface area contributed by atoms with Crippen molar-refractivity contribution in [1.29, 1.82) is 10.5 Å². The monoisotopic (exact) mass is 178 g/mol. The lowest BCUT2D eigenvalue weighted by Crippen LogP contribution is -2.16. The van der Waals surface area contributed by atoms with Crippen LogP contribution in [0.25, 0.3) is 0 Å². The van der Waals surface area contributed by atoms with Crippen LogP contribution in [0.1, 0.15) is 27.7 Å². The second-order valence-corrected chi connectivity index (χ2v) is 4.13.